The number of amides is 4. The molecule has 0 aliphatic rings. The topological polar surface area (TPSA) is 128 Å². The molecule has 0 fully saturated rings. The lowest BCUT2D eigenvalue weighted by molar-refractivity contribution is -0.155. The van der Waals surface area contributed by atoms with Crippen molar-refractivity contribution < 1.29 is 23.9 Å². The molecular formula is C18H25N3O5. The van der Waals surface area contributed by atoms with Gasteiger partial charge in [0.15, 0.2) is 6.10 Å². The summed E-state index contributed by atoms with van der Waals surface area (Å²) < 4.78 is 4.90. The van der Waals surface area contributed by atoms with E-state index in [4.69, 9.17) is 10.5 Å². The fraction of sp³-hybridized carbons (Fsp3) is 0.444. The number of imide groups is 1. The first kappa shape index (κ1) is 21.1. The molecule has 1 rings (SSSR count). The number of esters is 1. The van der Waals surface area contributed by atoms with Crippen molar-refractivity contribution in [2.24, 2.45) is 5.73 Å². The van der Waals surface area contributed by atoms with Gasteiger partial charge in [-0.25, -0.2) is 9.59 Å². The number of carbonyl (C=O) groups is 4. The van der Waals surface area contributed by atoms with Crippen LogP contribution in [0.25, 0.3) is 0 Å². The van der Waals surface area contributed by atoms with Gasteiger partial charge in [-0.15, -0.1) is 0 Å². The normalized spacial score (nSPS) is 13.3. The summed E-state index contributed by atoms with van der Waals surface area (Å²) in [5.74, 6) is -2.09. The van der Waals surface area contributed by atoms with Crippen LogP contribution in [0.4, 0.5) is 4.79 Å². The predicted molar refractivity (Wildman–Crippen MR) is 95.4 cm³/mol. The van der Waals surface area contributed by atoms with Crippen LogP contribution < -0.4 is 16.4 Å². The maximum Gasteiger partial charge on any atom is 0.329 e. The number of hydrogen-bond donors (Lipinski definition) is 3. The van der Waals surface area contributed by atoms with Gasteiger partial charge in [-0.2, -0.15) is 0 Å². The maximum atomic E-state index is 12.2. The molecule has 0 bridgehead atoms. The van der Waals surface area contributed by atoms with Crippen LogP contribution in [-0.2, 0) is 19.7 Å². The Kier molecular flexibility index (Phi) is 6.88. The van der Waals surface area contributed by atoms with Gasteiger partial charge in [0.1, 0.15) is 6.04 Å². The lowest BCUT2D eigenvalue weighted by Gasteiger charge is -2.19. The predicted octanol–water partition coefficient (Wildman–Crippen LogP) is 1.23. The minimum absolute atomic E-state index is 0.0340. The van der Waals surface area contributed by atoms with Crippen molar-refractivity contribution in [3.05, 3.63) is 35.4 Å². The van der Waals surface area contributed by atoms with Gasteiger partial charge in [0.05, 0.1) is 0 Å². The third-order valence-corrected chi connectivity index (χ3v) is 3.62. The minimum atomic E-state index is -1.22. The molecule has 8 heteroatoms. The molecule has 0 aliphatic heterocycles. The number of ether oxygens (including phenoxy) is 1. The summed E-state index contributed by atoms with van der Waals surface area (Å²) in [5, 5.41) is 4.31. The number of urea groups is 1. The lowest BCUT2D eigenvalue weighted by atomic mass is 9.86. The van der Waals surface area contributed by atoms with Gasteiger partial charge in [-0.3, -0.25) is 14.9 Å². The van der Waals surface area contributed by atoms with Gasteiger partial charge in [-0.1, -0.05) is 32.9 Å². The van der Waals surface area contributed by atoms with Crippen LogP contribution in [0.3, 0.4) is 0 Å². The van der Waals surface area contributed by atoms with Crippen LogP contribution in [0.5, 0.6) is 0 Å². The fourth-order valence-corrected chi connectivity index (χ4v) is 2.01. The largest absolute Gasteiger partial charge is 0.451 e. The van der Waals surface area contributed by atoms with Crippen LogP contribution in [-0.4, -0.2) is 36.0 Å². The van der Waals surface area contributed by atoms with Crippen molar-refractivity contribution in [2.75, 3.05) is 0 Å². The van der Waals surface area contributed by atoms with Crippen molar-refractivity contribution >= 4 is 23.8 Å². The monoisotopic (exact) mass is 363 g/mol. The number of hydrogen-bond acceptors (Lipinski definition) is 5. The molecule has 142 valence electrons. The zero-order valence-corrected chi connectivity index (χ0v) is 15.6. The highest BCUT2D eigenvalue weighted by Gasteiger charge is 2.24. The summed E-state index contributed by atoms with van der Waals surface area (Å²) in [6.07, 6.45) is -1.22. The van der Waals surface area contributed by atoms with Crippen LogP contribution >= 0.6 is 0 Å². The third kappa shape index (κ3) is 6.19. The Balaban J connectivity index is 2.64. The highest BCUT2D eigenvalue weighted by Crippen LogP contribution is 2.22. The smallest absolute Gasteiger partial charge is 0.329 e. The first-order valence-electron chi connectivity index (χ1n) is 8.14. The van der Waals surface area contributed by atoms with Gasteiger partial charge < -0.3 is 15.8 Å². The Hall–Kier alpha value is -2.90. The quantitative estimate of drug-likeness (QED) is 0.678. The second kappa shape index (κ2) is 8.46. The number of benzene rings is 1. The highest BCUT2D eigenvalue weighted by atomic mass is 16.5. The molecule has 0 spiro atoms. The summed E-state index contributed by atoms with van der Waals surface area (Å²) in [5.41, 5.74) is 6.27. The molecule has 2 atom stereocenters. The van der Waals surface area contributed by atoms with Gasteiger partial charge in [-0.05, 0) is 37.0 Å². The van der Waals surface area contributed by atoms with Crippen molar-refractivity contribution in [1.29, 1.82) is 0 Å². The first-order valence-corrected chi connectivity index (χ1v) is 8.14. The van der Waals surface area contributed by atoms with Gasteiger partial charge in [0.25, 0.3) is 11.8 Å². The maximum absolute atomic E-state index is 12.2. The van der Waals surface area contributed by atoms with E-state index in [-0.39, 0.29) is 5.41 Å². The fourth-order valence-electron chi connectivity index (χ4n) is 2.01. The van der Waals surface area contributed by atoms with E-state index in [1.54, 1.807) is 17.4 Å². The van der Waals surface area contributed by atoms with Gasteiger partial charge in [0.2, 0.25) is 0 Å². The highest BCUT2D eigenvalue weighted by molar-refractivity contribution is 5.98. The van der Waals surface area contributed by atoms with Crippen molar-refractivity contribution in [3.8, 4) is 0 Å². The first-order chi connectivity index (χ1) is 11.9. The zero-order valence-electron chi connectivity index (χ0n) is 15.6. The van der Waals surface area contributed by atoms with E-state index in [0.29, 0.717) is 5.56 Å². The second-order valence-electron chi connectivity index (χ2n) is 6.96. The molecular weight excluding hydrogens is 338 g/mol. The number of carbonyl (C=O) groups excluding carboxylic acids is 4. The Morgan fingerprint density at radius 3 is 2.04 bits per heavy atom. The molecule has 26 heavy (non-hydrogen) atoms. The summed E-state index contributed by atoms with van der Waals surface area (Å²) in [6, 6.07) is 5.04. The van der Waals surface area contributed by atoms with Crippen molar-refractivity contribution in [2.45, 2.75) is 52.2 Å². The standard InChI is InChI=1S/C18H25N3O5/c1-10(16(24)26-11(2)14(22)21-17(19)25)20-15(23)12-6-8-13(9-7-12)18(3,4)5/h6-11H,1-5H3,(H,20,23)(H3,19,21,22,25)/t10-,11-/m0/s1. The van der Waals surface area contributed by atoms with Crippen molar-refractivity contribution in [3.63, 3.8) is 0 Å². The molecule has 4 N–H and O–H groups in total. The molecule has 1 aromatic carbocycles. The Morgan fingerprint density at radius 1 is 1.04 bits per heavy atom. The summed E-state index contributed by atoms with van der Waals surface area (Å²) in [7, 11) is 0. The van der Waals surface area contributed by atoms with Gasteiger partial charge >= 0.3 is 12.0 Å². The number of rotatable bonds is 5. The van der Waals surface area contributed by atoms with Crippen LogP contribution in [0.15, 0.2) is 24.3 Å². The second-order valence-corrected chi connectivity index (χ2v) is 6.96. The SMILES string of the molecule is C[C@H](NC(=O)c1ccc(C(C)(C)C)cc1)C(=O)O[C@@H](C)C(=O)NC(N)=O. The van der Waals surface area contributed by atoms with Crippen LogP contribution in [0.1, 0.15) is 50.5 Å². The Morgan fingerprint density at radius 2 is 1.58 bits per heavy atom. The van der Waals surface area contributed by atoms with E-state index in [0.717, 1.165) is 5.56 Å². The third-order valence-electron chi connectivity index (χ3n) is 3.62. The summed E-state index contributed by atoms with van der Waals surface area (Å²) >= 11 is 0. The molecule has 0 radical (unpaired) electrons. The van der Waals surface area contributed by atoms with Gasteiger partial charge in [0, 0.05) is 5.56 Å². The molecule has 0 saturated heterocycles. The zero-order chi connectivity index (χ0) is 20.1. The molecule has 8 nitrogen and oxygen atoms in total. The van der Waals surface area contributed by atoms with E-state index >= 15 is 0 Å². The van der Waals surface area contributed by atoms with E-state index in [1.165, 1.54) is 13.8 Å². The van der Waals surface area contributed by atoms with Crippen LogP contribution in [0, 0.1) is 0 Å². The summed E-state index contributed by atoms with van der Waals surface area (Å²) in [6.45, 7) is 8.92. The number of nitrogens with one attached hydrogen (secondary N) is 2. The van der Waals surface area contributed by atoms with E-state index in [1.807, 2.05) is 12.1 Å². The average molecular weight is 363 g/mol. The minimum Gasteiger partial charge on any atom is -0.451 e. The lowest BCUT2D eigenvalue weighted by Crippen LogP contribution is -2.45. The molecule has 0 aromatic heterocycles. The molecule has 1 aromatic rings. The molecule has 0 aliphatic carbocycles. The van der Waals surface area contributed by atoms with Crippen molar-refractivity contribution in [1.82, 2.24) is 10.6 Å². The average Bonchev–Trinajstić information content (AvgIpc) is 2.53. The Labute approximate surface area is 152 Å². The molecule has 0 saturated carbocycles. The molecule has 4 amide bonds. The van der Waals surface area contributed by atoms with E-state index in [2.05, 4.69) is 26.1 Å². The number of primary amides is 1. The summed E-state index contributed by atoms with van der Waals surface area (Å²) in [4.78, 5) is 46.3. The van der Waals surface area contributed by atoms with Crippen LogP contribution in [0.2, 0.25) is 0 Å². The Bertz CT molecular complexity index is 692. The molecule has 0 unspecified atom stereocenters. The van der Waals surface area contributed by atoms with E-state index in [9.17, 15) is 19.2 Å². The van der Waals surface area contributed by atoms with E-state index < -0.39 is 36.0 Å². The number of nitrogens with two attached hydrogens (primary N) is 1. The molecule has 0 heterocycles.